The largest absolute Gasteiger partial charge is 0.465 e. The van der Waals surface area contributed by atoms with Crippen molar-refractivity contribution in [3.63, 3.8) is 0 Å². The molecule has 4 heterocycles. The van der Waals surface area contributed by atoms with Crippen molar-refractivity contribution in [2.24, 2.45) is 0 Å². The van der Waals surface area contributed by atoms with E-state index in [0.717, 1.165) is 80.5 Å². The standard InChI is InChI=1S/C21H26N4O3/c1-13-9-17(19(28-13)14-4-5-14)20(26)23-16-3-2-7-25(11-16)21-22-10-15-12-27-8-6-18(15)24-21/h9-10,14,16H,2-8,11-12H2,1H3,(H,23,26)/t16-/m1/s1. The first-order valence-corrected chi connectivity index (χ1v) is 10.3. The van der Waals surface area contributed by atoms with Crippen molar-refractivity contribution in [1.29, 1.82) is 0 Å². The number of carbonyl (C=O) groups is 1. The van der Waals surface area contributed by atoms with Crippen LogP contribution in [0.5, 0.6) is 0 Å². The minimum atomic E-state index is -0.0193. The number of aromatic nitrogens is 2. The van der Waals surface area contributed by atoms with E-state index in [9.17, 15) is 4.79 Å². The van der Waals surface area contributed by atoms with Crippen LogP contribution in [-0.4, -0.2) is 41.6 Å². The zero-order chi connectivity index (χ0) is 19.1. The average molecular weight is 382 g/mol. The predicted molar refractivity (Wildman–Crippen MR) is 104 cm³/mol. The van der Waals surface area contributed by atoms with E-state index in [2.05, 4.69) is 15.2 Å². The normalized spacial score (nSPS) is 22.0. The highest BCUT2D eigenvalue weighted by atomic mass is 16.5. The molecule has 2 aromatic heterocycles. The van der Waals surface area contributed by atoms with Gasteiger partial charge >= 0.3 is 0 Å². The van der Waals surface area contributed by atoms with Gasteiger partial charge in [0.1, 0.15) is 11.5 Å². The molecule has 7 nitrogen and oxygen atoms in total. The van der Waals surface area contributed by atoms with Gasteiger partial charge in [-0.1, -0.05) is 0 Å². The molecule has 1 saturated carbocycles. The van der Waals surface area contributed by atoms with Crippen LogP contribution >= 0.6 is 0 Å². The van der Waals surface area contributed by atoms with Crippen molar-refractivity contribution in [3.8, 4) is 0 Å². The van der Waals surface area contributed by atoms with Gasteiger partial charge < -0.3 is 19.4 Å². The van der Waals surface area contributed by atoms with Crippen LogP contribution in [0.2, 0.25) is 0 Å². The van der Waals surface area contributed by atoms with E-state index >= 15 is 0 Å². The fourth-order valence-electron chi connectivity index (χ4n) is 4.17. The third-order valence-corrected chi connectivity index (χ3v) is 5.80. The van der Waals surface area contributed by atoms with Gasteiger partial charge in [-0.15, -0.1) is 0 Å². The SMILES string of the molecule is Cc1cc(C(=O)N[C@@H]2CCCN(c3ncc4c(n3)CCOC4)C2)c(C2CC2)o1. The number of anilines is 1. The molecule has 2 fully saturated rings. The van der Waals surface area contributed by atoms with Crippen molar-refractivity contribution < 1.29 is 13.9 Å². The summed E-state index contributed by atoms with van der Waals surface area (Å²) in [6.07, 6.45) is 6.93. The van der Waals surface area contributed by atoms with Crippen LogP contribution in [0, 0.1) is 6.92 Å². The number of piperidine rings is 1. The van der Waals surface area contributed by atoms with Crippen molar-refractivity contribution >= 4 is 11.9 Å². The van der Waals surface area contributed by atoms with E-state index in [1.807, 2.05) is 19.2 Å². The Kier molecular flexibility index (Phi) is 4.55. The lowest BCUT2D eigenvalue weighted by molar-refractivity contribution is 0.0930. The second-order valence-corrected chi connectivity index (χ2v) is 8.11. The summed E-state index contributed by atoms with van der Waals surface area (Å²) < 4.78 is 11.3. The maximum Gasteiger partial charge on any atom is 0.255 e. The Bertz CT molecular complexity index is 890. The molecule has 0 aromatic carbocycles. The number of hydrogen-bond donors (Lipinski definition) is 1. The van der Waals surface area contributed by atoms with Gasteiger partial charge in [-0.25, -0.2) is 9.97 Å². The molecule has 1 saturated heterocycles. The molecule has 0 radical (unpaired) electrons. The van der Waals surface area contributed by atoms with Crippen molar-refractivity contribution in [2.75, 3.05) is 24.6 Å². The highest BCUT2D eigenvalue weighted by molar-refractivity contribution is 5.95. The summed E-state index contributed by atoms with van der Waals surface area (Å²) in [7, 11) is 0. The molecule has 0 unspecified atom stereocenters. The number of nitrogens with one attached hydrogen (secondary N) is 1. The third-order valence-electron chi connectivity index (χ3n) is 5.80. The number of rotatable bonds is 4. The number of fused-ring (bicyclic) bond motifs is 1. The Morgan fingerprint density at radius 1 is 1.32 bits per heavy atom. The first kappa shape index (κ1) is 17.7. The quantitative estimate of drug-likeness (QED) is 0.876. The van der Waals surface area contributed by atoms with Crippen LogP contribution in [0.1, 0.15) is 64.7 Å². The van der Waals surface area contributed by atoms with E-state index in [1.54, 1.807) is 0 Å². The molecule has 1 aliphatic carbocycles. The van der Waals surface area contributed by atoms with Crippen molar-refractivity contribution in [1.82, 2.24) is 15.3 Å². The first-order chi connectivity index (χ1) is 13.7. The van der Waals surface area contributed by atoms with E-state index in [-0.39, 0.29) is 11.9 Å². The molecule has 148 valence electrons. The van der Waals surface area contributed by atoms with Gasteiger partial charge in [-0.3, -0.25) is 4.79 Å². The summed E-state index contributed by atoms with van der Waals surface area (Å²) >= 11 is 0. The Balaban J connectivity index is 1.28. The van der Waals surface area contributed by atoms with Crippen LogP contribution in [0.15, 0.2) is 16.7 Å². The second-order valence-electron chi connectivity index (χ2n) is 8.11. The topological polar surface area (TPSA) is 80.5 Å². The fraction of sp³-hybridized carbons (Fsp3) is 0.571. The number of furan rings is 1. The van der Waals surface area contributed by atoms with Gasteiger partial charge in [0.05, 0.1) is 24.5 Å². The fourth-order valence-corrected chi connectivity index (χ4v) is 4.17. The summed E-state index contributed by atoms with van der Waals surface area (Å²) in [6, 6.07) is 1.96. The van der Waals surface area contributed by atoms with Crippen LogP contribution in [-0.2, 0) is 17.8 Å². The molecular formula is C21H26N4O3. The third kappa shape index (κ3) is 3.51. The molecule has 2 aliphatic heterocycles. The molecule has 1 atom stereocenters. The predicted octanol–water partition coefficient (Wildman–Crippen LogP) is 2.73. The Morgan fingerprint density at radius 3 is 3.07 bits per heavy atom. The number of carbonyl (C=O) groups excluding carboxylic acids is 1. The molecular weight excluding hydrogens is 356 g/mol. The minimum absolute atomic E-state index is 0.0193. The molecule has 0 spiro atoms. The summed E-state index contributed by atoms with van der Waals surface area (Å²) in [4.78, 5) is 24.4. The number of aryl methyl sites for hydroxylation is 1. The summed E-state index contributed by atoms with van der Waals surface area (Å²) in [5.41, 5.74) is 2.88. The lowest BCUT2D eigenvalue weighted by atomic mass is 10.0. The van der Waals surface area contributed by atoms with Crippen molar-refractivity contribution in [3.05, 3.63) is 40.6 Å². The van der Waals surface area contributed by atoms with Gasteiger partial charge in [-0.2, -0.15) is 0 Å². The van der Waals surface area contributed by atoms with Gasteiger partial charge in [0.15, 0.2) is 0 Å². The highest BCUT2D eigenvalue weighted by Gasteiger charge is 2.33. The Labute approximate surface area is 164 Å². The molecule has 0 bridgehead atoms. The zero-order valence-electron chi connectivity index (χ0n) is 16.2. The molecule has 28 heavy (non-hydrogen) atoms. The molecule has 2 aromatic rings. The Morgan fingerprint density at radius 2 is 2.21 bits per heavy atom. The maximum absolute atomic E-state index is 12.9. The summed E-state index contributed by atoms with van der Waals surface area (Å²) in [6.45, 7) is 4.87. The van der Waals surface area contributed by atoms with Gasteiger partial charge in [0.2, 0.25) is 5.95 Å². The number of nitrogens with zero attached hydrogens (tertiary/aromatic N) is 3. The van der Waals surface area contributed by atoms with Crippen LogP contribution in [0.25, 0.3) is 0 Å². The van der Waals surface area contributed by atoms with E-state index in [0.29, 0.717) is 18.1 Å². The monoisotopic (exact) mass is 382 g/mol. The van der Waals surface area contributed by atoms with Crippen LogP contribution in [0.4, 0.5) is 5.95 Å². The van der Waals surface area contributed by atoms with Crippen LogP contribution in [0.3, 0.4) is 0 Å². The molecule has 7 heteroatoms. The number of amides is 1. The lowest BCUT2D eigenvalue weighted by Gasteiger charge is -2.33. The van der Waals surface area contributed by atoms with E-state index in [1.165, 1.54) is 0 Å². The van der Waals surface area contributed by atoms with Gasteiger partial charge in [0, 0.05) is 43.2 Å². The van der Waals surface area contributed by atoms with Crippen molar-refractivity contribution in [2.45, 2.75) is 57.6 Å². The maximum atomic E-state index is 12.9. The molecule has 1 amide bonds. The zero-order valence-corrected chi connectivity index (χ0v) is 16.2. The van der Waals surface area contributed by atoms with Crippen LogP contribution < -0.4 is 10.2 Å². The smallest absolute Gasteiger partial charge is 0.255 e. The summed E-state index contributed by atoms with van der Waals surface area (Å²) in [5.74, 6) is 2.84. The lowest BCUT2D eigenvalue weighted by Crippen LogP contribution is -2.48. The van der Waals surface area contributed by atoms with Gasteiger partial charge in [0.25, 0.3) is 5.91 Å². The molecule has 3 aliphatic rings. The van der Waals surface area contributed by atoms with E-state index < -0.39 is 0 Å². The minimum Gasteiger partial charge on any atom is -0.465 e. The number of hydrogen-bond acceptors (Lipinski definition) is 6. The molecule has 1 N–H and O–H groups in total. The molecule has 5 rings (SSSR count). The Hall–Kier alpha value is -2.41. The second kappa shape index (κ2) is 7.20. The summed E-state index contributed by atoms with van der Waals surface area (Å²) in [5, 5.41) is 3.22. The van der Waals surface area contributed by atoms with Gasteiger partial charge in [-0.05, 0) is 38.7 Å². The average Bonchev–Trinajstić information content (AvgIpc) is 3.49. The highest BCUT2D eigenvalue weighted by Crippen LogP contribution is 2.42. The first-order valence-electron chi connectivity index (χ1n) is 10.3. The number of ether oxygens (including phenoxy) is 1. The van der Waals surface area contributed by atoms with E-state index in [4.69, 9.17) is 14.1 Å².